The van der Waals surface area contributed by atoms with Gasteiger partial charge in [0.15, 0.2) is 5.03 Å². The van der Waals surface area contributed by atoms with Gasteiger partial charge >= 0.3 is 5.97 Å². The van der Waals surface area contributed by atoms with E-state index in [2.05, 4.69) is 28.8 Å². The summed E-state index contributed by atoms with van der Waals surface area (Å²) in [5, 5.41) is 11.1. The van der Waals surface area contributed by atoms with Gasteiger partial charge in [0.05, 0.1) is 5.57 Å². The molecule has 7 nitrogen and oxygen atoms in total. The molecule has 0 unspecified atom stereocenters. The molecule has 1 aromatic heterocycles. The third-order valence-corrected chi connectivity index (χ3v) is 8.54. The van der Waals surface area contributed by atoms with Gasteiger partial charge in [-0.25, -0.2) is 9.78 Å². The van der Waals surface area contributed by atoms with Crippen LogP contribution in [0.15, 0.2) is 95.4 Å². The lowest BCUT2D eigenvalue weighted by Crippen LogP contribution is -2.41. The number of rotatable bonds is 12. The number of carbonyl (C=O) groups is 1. The molecule has 0 bridgehead atoms. The Kier molecular flexibility index (Phi) is 8.98. The number of anilines is 1. The molecule has 212 valence electrons. The van der Waals surface area contributed by atoms with Gasteiger partial charge in [-0.15, -0.1) is 0 Å². The second-order valence-electron chi connectivity index (χ2n) is 11.4. The van der Waals surface area contributed by atoms with E-state index in [1.807, 2.05) is 38.1 Å². The Labute approximate surface area is 237 Å². The number of aromatic nitrogens is 1. The number of esters is 1. The predicted octanol–water partition coefficient (Wildman–Crippen LogP) is 6.77. The van der Waals surface area contributed by atoms with Crippen molar-refractivity contribution < 1.29 is 23.1 Å². The molecule has 0 amide bonds. The van der Waals surface area contributed by atoms with Crippen molar-refractivity contribution in [3.05, 3.63) is 101 Å². The number of aliphatic hydroxyl groups is 1. The molecule has 1 aliphatic heterocycles. The van der Waals surface area contributed by atoms with Gasteiger partial charge in [-0.2, -0.15) is 8.42 Å². The summed E-state index contributed by atoms with van der Waals surface area (Å²) in [6.45, 7) is 6.10. The van der Waals surface area contributed by atoms with Crippen molar-refractivity contribution in [3.63, 3.8) is 0 Å². The Bertz CT molecular complexity index is 1450. The number of hydrogen-bond donors (Lipinski definition) is 2. The number of aliphatic hydroxyl groups excluding tert-OH is 1. The lowest BCUT2D eigenvalue weighted by molar-refractivity contribution is -0.161. The fraction of sp³-hybridized carbons (Fsp3) is 0.375. The highest BCUT2D eigenvalue weighted by Gasteiger charge is 2.42. The Balaban J connectivity index is 1.46. The van der Waals surface area contributed by atoms with Crippen molar-refractivity contribution in [1.29, 1.82) is 0 Å². The van der Waals surface area contributed by atoms with Gasteiger partial charge in [-0.1, -0.05) is 75.7 Å². The van der Waals surface area contributed by atoms with E-state index < -0.39 is 27.0 Å². The summed E-state index contributed by atoms with van der Waals surface area (Å²) in [7, 11) is -3.81. The Morgan fingerprint density at radius 1 is 0.975 bits per heavy atom. The maximum atomic E-state index is 13.3. The van der Waals surface area contributed by atoms with E-state index in [0.717, 1.165) is 18.4 Å². The number of nitrogens with zero attached hydrogens (tertiary/aromatic N) is 1. The maximum Gasteiger partial charge on any atom is 0.337 e. The number of pyridine rings is 1. The van der Waals surface area contributed by atoms with Crippen molar-refractivity contribution >= 4 is 21.7 Å². The van der Waals surface area contributed by atoms with E-state index in [9.17, 15) is 18.3 Å². The molecule has 1 atom stereocenters. The first-order valence-electron chi connectivity index (χ1n) is 13.7. The van der Waals surface area contributed by atoms with Gasteiger partial charge < -0.3 is 9.84 Å². The number of cyclic esters (lactones) is 1. The molecule has 8 heteroatoms. The highest BCUT2D eigenvalue weighted by molar-refractivity contribution is 7.92. The number of ether oxygens (including phenoxy) is 1. The van der Waals surface area contributed by atoms with Gasteiger partial charge in [0.1, 0.15) is 11.4 Å². The van der Waals surface area contributed by atoms with Gasteiger partial charge in [-0.05, 0) is 72.9 Å². The number of hydrogen-bond acceptors (Lipinski definition) is 6. The zero-order valence-electron chi connectivity index (χ0n) is 23.4. The molecule has 0 spiro atoms. The molecule has 0 fully saturated rings. The maximum absolute atomic E-state index is 13.3. The zero-order valence-corrected chi connectivity index (χ0v) is 24.2. The van der Waals surface area contributed by atoms with Crippen molar-refractivity contribution in [1.82, 2.24) is 4.98 Å². The quantitative estimate of drug-likeness (QED) is 0.236. The average molecular weight is 563 g/mol. The van der Waals surface area contributed by atoms with Crippen LogP contribution in [0.4, 0.5) is 5.69 Å². The van der Waals surface area contributed by atoms with Gasteiger partial charge in [0, 0.05) is 18.3 Å². The van der Waals surface area contributed by atoms with Crippen LogP contribution in [0.25, 0.3) is 0 Å². The summed E-state index contributed by atoms with van der Waals surface area (Å²) in [4.78, 5) is 17.2. The largest absolute Gasteiger partial charge is 0.512 e. The van der Waals surface area contributed by atoms with Crippen molar-refractivity contribution in [2.75, 3.05) is 4.72 Å². The van der Waals surface area contributed by atoms with Crippen LogP contribution in [0.5, 0.6) is 0 Å². The minimum Gasteiger partial charge on any atom is -0.512 e. The molecule has 0 saturated heterocycles. The first kappa shape index (κ1) is 29.3. The van der Waals surface area contributed by atoms with E-state index in [4.69, 9.17) is 4.74 Å². The zero-order chi connectivity index (χ0) is 28.8. The van der Waals surface area contributed by atoms with Gasteiger partial charge in [0.2, 0.25) is 0 Å². The first-order chi connectivity index (χ1) is 19.0. The second kappa shape index (κ2) is 12.3. The molecule has 2 N–H and O–H groups in total. The highest BCUT2D eigenvalue weighted by atomic mass is 32.2. The van der Waals surface area contributed by atoms with E-state index in [0.29, 0.717) is 43.4 Å². The SMILES string of the molecule is CCC[C@@]1(CCc2ccccc2)CC(O)=C(CC(C)(C)Cc2cccc(NS(=O)(=O)c3ccccn3)c2)C(=O)O1. The molecular weight excluding hydrogens is 524 g/mol. The summed E-state index contributed by atoms with van der Waals surface area (Å²) in [6.07, 6.45) is 5.59. The minimum absolute atomic E-state index is 0.0538. The van der Waals surface area contributed by atoms with E-state index in [-0.39, 0.29) is 10.8 Å². The van der Waals surface area contributed by atoms with E-state index in [1.165, 1.54) is 17.8 Å². The first-order valence-corrected chi connectivity index (χ1v) is 15.2. The van der Waals surface area contributed by atoms with Crippen LogP contribution >= 0.6 is 0 Å². The number of sulfonamides is 1. The third-order valence-electron chi connectivity index (χ3n) is 7.24. The van der Waals surface area contributed by atoms with Gasteiger partial charge in [0.25, 0.3) is 10.0 Å². The monoisotopic (exact) mass is 562 g/mol. The van der Waals surface area contributed by atoms with Crippen molar-refractivity contribution in [2.45, 2.75) is 76.3 Å². The Morgan fingerprint density at radius 2 is 1.70 bits per heavy atom. The van der Waals surface area contributed by atoms with Crippen LogP contribution in [0.3, 0.4) is 0 Å². The molecular formula is C32H38N2O5S. The smallest absolute Gasteiger partial charge is 0.337 e. The van der Waals surface area contributed by atoms with Crippen LogP contribution in [-0.4, -0.2) is 30.1 Å². The number of benzene rings is 2. The summed E-state index contributed by atoms with van der Waals surface area (Å²) in [6, 6.07) is 22.0. The summed E-state index contributed by atoms with van der Waals surface area (Å²) in [5.41, 5.74) is 1.71. The summed E-state index contributed by atoms with van der Waals surface area (Å²) >= 11 is 0. The van der Waals surface area contributed by atoms with Crippen LogP contribution in [0.1, 0.15) is 64.0 Å². The van der Waals surface area contributed by atoms with E-state index in [1.54, 1.807) is 30.3 Å². The number of nitrogens with one attached hydrogen (secondary N) is 1. The van der Waals surface area contributed by atoms with Crippen molar-refractivity contribution in [3.8, 4) is 0 Å². The lowest BCUT2D eigenvalue weighted by atomic mass is 9.77. The fourth-order valence-electron chi connectivity index (χ4n) is 5.43. The number of carbonyl (C=O) groups excluding carboxylic acids is 1. The third kappa shape index (κ3) is 7.50. The molecule has 0 saturated carbocycles. The molecule has 40 heavy (non-hydrogen) atoms. The molecule has 2 aromatic carbocycles. The molecule has 3 aromatic rings. The van der Waals surface area contributed by atoms with Crippen molar-refractivity contribution in [2.24, 2.45) is 5.41 Å². The standard InChI is InChI=1S/C32H38N2O5S/c1-4-17-32(18-16-24-11-6-5-7-12-24)23-28(35)27(30(36)39-32)22-31(2,3)21-25-13-10-14-26(20-25)34-40(37,38)29-15-8-9-19-33-29/h5-15,19-20,34-35H,4,16-18,21-23H2,1-3H3/t32-/m1/s1. The highest BCUT2D eigenvalue weighted by Crippen LogP contribution is 2.40. The van der Waals surface area contributed by atoms with Gasteiger partial charge in [-0.3, -0.25) is 4.72 Å². The van der Waals surface area contributed by atoms with Crippen LogP contribution in [0.2, 0.25) is 0 Å². The molecule has 0 radical (unpaired) electrons. The second-order valence-corrected chi connectivity index (χ2v) is 13.0. The Hall–Kier alpha value is -3.65. The molecule has 4 rings (SSSR count). The molecule has 2 heterocycles. The average Bonchev–Trinajstić information content (AvgIpc) is 2.91. The van der Waals surface area contributed by atoms with E-state index >= 15 is 0 Å². The lowest BCUT2D eigenvalue weighted by Gasteiger charge is -2.38. The summed E-state index contributed by atoms with van der Waals surface area (Å²) in [5.74, 6) is -0.335. The van der Waals surface area contributed by atoms with Crippen LogP contribution in [0, 0.1) is 5.41 Å². The predicted molar refractivity (Wildman–Crippen MR) is 156 cm³/mol. The topological polar surface area (TPSA) is 106 Å². The normalized spacial score (nSPS) is 17.9. The molecule has 0 aliphatic carbocycles. The fourth-order valence-corrected chi connectivity index (χ4v) is 6.43. The van der Waals surface area contributed by atoms with Crippen LogP contribution in [-0.2, 0) is 32.4 Å². The van der Waals surface area contributed by atoms with Crippen LogP contribution < -0.4 is 4.72 Å². The Morgan fingerprint density at radius 3 is 2.38 bits per heavy atom. The molecule has 1 aliphatic rings. The number of aryl methyl sites for hydroxylation is 1. The summed E-state index contributed by atoms with van der Waals surface area (Å²) < 4.78 is 34.1. The minimum atomic E-state index is -3.81.